The Bertz CT molecular complexity index is 3470. The fourth-order valence-electron chi connectivity index (χ4n) is 9.14. The van der Waals surface area contributed by atoms with Gasteiger partial charge in [0.1, 0.15) is 0 Å². The van der Waals surface area contributed by atoms with Gasteiger partial charge in [-0.05, 0) is 47.5 Å². The van der Waals surface area contributed by atoms with Gasteiger partial charge in [0.2, 0.25) is 0 Å². The summed E-state index contributed by atoms with van der Waals surface area (Å²) in [5, 5.41) is 4.51. The summed E-state index contributed by atoms with van der Waals surface area (Å²) in [5.74, 6) is 1.43. The summed E-state index contributed by atoms with van der Waals surface area (Å²) >= 11 is 0. The zero-order chi connectivity index (χ0) is 43.6. The van der Waals surface area contributed by atoms with Gasteiger partial charge in [0.25, 0.3) is 0 Å². The summed E-state index contributed by atoms with van der Waals surface area (Å²) in [7, 11) is 0. The molecule has 12 aromatic rings. The Hall–Kier alpha value is -8.41. The third kappa shape index (κ3) is 5.75. The first-order valence-corrected chi connectivity index (χ1v) is 20.7. The predicted molar refractivity (Wildman–Crippen MR) is 256 cm³/mol. The fourth-order valence-corrected chi connectivity index (χ4v) is 9.14. The van der Waals surface area contributed by atoms with Gasteiger partial charge in [-0.2, -0.15) is 0 Å². The first-order chi connectivity index (χ1) is 32.0. The third-order valence-corrected chi connectivity index (χ3v) is 11.8. The molecule has 290 valence electrons. The second kappa shape index (κ2) is 14.7. The van der Waals surface area contributed by atoms with Gasteiger partial charge in [-0.25, -0.2) is 15.0 Å². The highest BCUT2D eigenvalue weighted by Gasteiger charge is 2.25. The Balaban J connectivity index is 1.21. The highest BCUT2D eigenvalue weighted by Crippen LogP contribution is 2.44. The Morgan fingerprint density at radius 2 is 0.581 bits per heavy atom. The molecule has 5 heteroatoms. The third-order valence-electron chi connectivity index (χ3n) is 11.8. The molecule has 0 atom stereocenters. The normalized spacial score (nSPS) is 12.2. The summed E-state index contributed by atoms with van der Waals surface area (Å²) in [4.78, 5) is 16.2. The van der Waals surface area contributed by atoms with Crippen molar-refractivity contribution in [1.82, 2.24) is 24.1 Å². The smallest absolute Gasteiger partial charge is 0.166 e. The van der Waals surface area contributed by atoms with E-state index in [0.29, 0.717) is 35.6 Å². The van der Waals surface area contributed by atoms with Gasteiger partial charge >= 0.3 is 0 Å². The van der Waals surface area contributed by atoms with E-state index >= 15 is 0 Å². The molecular formula is C57H37N5. The van der Waals surface area contributed by atoms with Crippen LogP contribution in [0.1, 0.15) is 4.11 Å². The molecule has 0 saturated heterocycles. The van der Waals surface area contributed by atoms with E-state index in [2.05, 4.69) is 143 Å². The Labute approximate surface area is 362 Å². The summed E-state index contributed by atoms with van der Waals surface area (Å²) in [6, 6.07) is 70.3. The highest BCUT2D eigenvalue weighted by molar-refractivity contribution is 6.12. The summed E-state index contributed by atoms with van der Waals surface area (Å²) < 4.78 is 29.7. The van der Waals surface area contributed by atoms with Crippen molar-refractivity contribution in [2.45, 2.75) is 0 Å². The molecule has 0 aliphatic carbocycles. The molecular weight excluding hydrogens is 755 g/mol. The molecule has 3 aromatic heterocycles. The lowest BCUT2D eigenvalue weighted by Gasteiger charge is -2.20. The Morgan fingerprint density at radius 3 is 0.952 bits per heavy atom. The van der Waals surface area contributed by atoms with Crippen LogP contribution in [0.4, 0.5) is 0 Å². The number of nitrogens with zero attached hydrogens (tertiary/aromatic N) is 5. The van der Waals surface area contributed by atoms with Crippen LogP contribution in [0.5, 0.6) is 0 Å². The van der Waals surface area contributed by atoms with E-state index in [-0.39, 0.29) is 0 Å². The maximum atomic E-state index is 8.35. The van der Waals surface area contributed by atoms with Crippen molar-refractivity contribution >= 4 is 43.6 Å². The fraction of sp³-hybridized carbons (Fsp3) is 0. The number of aromatic nitrogens is 5. The second-order valence-electron chi connectivity index (χ2n) is 15.3. The molecule has 62 heavy (non-hydrogen) atoms. The lowest BCUT2D eigenvalue weighted by atomic mass is 9.98. The lowest BCUT2D eigenvalue weighted by molar-refractivity contribution is 1.06. The molecule has 0 saturated carbocycles. The molecule has 12 rings (SSSR count). The molecule has 3 heterocycles. The van der Waals surface area contributed by atoms with Crippen LogP contribution in [0, 0.1) is 0 Å². The minimum atomic E-state index is 0.392. The number of hydrogen-bond donors (Lipinski definition) is 0. The van der Waals surface area contributed by atoms with Gasteiger partial charge in [-0.3, -0.25) is 0 Å². The molecule has 0 amide bonds. The summed E-state index contributed by atoms with van der Waals surface area (Å²) in [6.07, 6.45) is 0. The molecule has 0 N–H and O–H groups in total. The van der Waals surface area contributed by atoms with Crippen LogP contribution in [0.25, 0.3) is 111 Å². The molecule has 0 fully saturated rings. The average molecular weight is 795 g/mol. The van der Waals surface area contributed by atoms with Crippen LogP contribution in [-0.2, 0) is 0 Å². The van der Waals surface area contributed by atoms with Gasteiger partial charge < -0.3 is 9.13 Å². The molecule has 9 aromatic carbocycles. The van der Waals surface area contributed by atoms with Gasteiger partial charge in [0.15, 0.2) is 17.5 Å². The number of fused-ring (bicyclic) bond motifs is 6. The van der Waals surface area contributed by atoms with Crippen molar-refractivity contribution in [2.24, 2.45) is 0 Å². The van der Waals surface area contributed by atoms with Crippen LogP contribution in [0.15, 0.2) is 224 Å². The first kappa shape index (κ1) is 32.4. The molecule has 0 unspecified atom stereocenters. The van der Waals surface area contributed by atoms with Gasteiger partial charge in [0.05, 0.1) is 37.6 Å². The van der Waals surface area contributed by atoms with Crippen LogP contribution >= 0.6 is 0 Å². The van der Waals surface area contributed by atoms with Crippen molar-refractivity contribution < 1.29 is 4.11 Å². The van der Waals surface area contributed by atoms with E-state index in [1.54, 1.807) is 12.1 Å². The van der Waals surface area contributed by atoms with E-state index in [4.69, 9.17) is 19.1 Å². The standard InChI is InChI=1S/C57H37N5/c1-4-20-38(21-5-1)41-30-18-32-47(53(41)61-49-34-14-10-26-43(49)44-27-11-15-35-50(44)61)56-58-55(40-24-8-3-9-25-40)59-57(60-56)48-33-19-31-42(39-22-6-2-7-23-39)54(48)62-51-36-16-12-28-45(51)46-29-13-17-37-52(46)62/h1-37H/i1D,2D,3D. The van der Waals surface area contributed by atoms with Crippen molar-refractivity contribution in [1.29, 1.82) is 0 Å². The highest BCUT2D eigenvalue weighted by atomic mass is 15.1. The molecule has 0 aliphatic rings. The van der Waals surface area contributed by atoms with Gasteiger partial charge in [0, 0.05) is 49.4 Å². The second-order valence-corrected chi connectivity index (χ2v) is 15.3. The zero-order valence-corrected chi connectivity index (χ0v) is 33.4. The van der Waals surface area contributed by atoms with Gasteiger partial charge in [-0.1, -0.05) is 188 Å². The van der Waals surface area contributed by atoms with E-state index in [0.717, 1.165) is 93.9 Å². The number of hydrogen-bond acceptors (Lipinski definition) is 3. The Morgan fingerprint density at radius 1 is 0.274 bits per heavy atom. The minimum absolute atomic E-state index is 0.392. The van der Waals surface area contributed by atoms with E-state index < -0.39 is 0 Å². The average Bonchev–Trinajstić information content (AvgIpc) is 3.87. The van der Waals surface area contributed by atoms with Gasteiger partial charge in [-0.15, -0.1) is 0 Å². The maximum absolute atomic E-state index is 8.35. The molecule has 5 nitrogen and oxygen atoms in total. The molecule has 0 spiro atoms. The monoisotopic (exact) mass is 794 g/mol. The number of para-hydroxylation sites is 6. The summed E-state index contributed by atoms with van der Waals surface area (Å²) in [6.45, 7) is 0. The van der Waals surface area contributed by atoms with Crippen LogP contribution in [0.2, 0.25) is 0 Å². The number of rotatable bonds is 7. The van der Waals surface area contributed by atoms with Crippen molar-refractivity contribution in [3.8, 4) is 67.8 Å². The van der Waals surface area contributed by atoms with Crippen LogP contribution < -0.4 is 0 Å². The molecule has 0 radical (unpaired) electrons. The molecule has 0 bridgehead atoms. The van der Waals surface area contributed by atoms with Crippen molar-refractivity contribution in [3.05, 3.63) is 224 Å². The molecule has 0 aliphatic heterocycles. The SMILES string of the molecule is [2H]c1ccc(-c2nc(-c3cccc(-c4ccc([2H])cc4)c3-n3c4ccccc4c4ccccc43)nc(-c3cccc(-c4ccc([2H])cc4)c3-n3c4ccccc4c4ccccc43)n2)cc1. The maximum Gasteiger partial charge on any atom is 0.166 e. The lowest BCUT2D eigenvalue weighted by Crippen LogP contribution is -2.07. The first-order valence-electron chi connectivity index (χ1n) is 22.2. The topological polar surface area (TPSA) is 48.5 Å². The van der Waals surface area contributed by atoms with Crippen LogP contribution in [0.3, 0.4) is 0 Å². The largest absolute Gasteiger partial charge is 0.308 e. The quantitative estimate of drug-likeness (QED) is 0.161. The predicted octanol–water partition coefficient (Wildman–Crippen LogP) is 14.4. The van der Waals surface area contributed by atoms with E-state index in [9.17, 15) is 0 Å². The number of benzene rings is 9. The van der Waals surface area contributed by atoms with Crippen molar-refractivity contribution in [2.75, 3.05) is 0 Å². The minimum Gasteiger partial charge on any atom is -0.308 e. The summed E-state index contributed by atoms with van der Waals surface area (Å²) in [5.41, 5.74) is 12.2. The Kier molecular flexibility index (Phi) is 7.69. The zero-order valence-electron chi connectivity index (χ0n) is 36.4. The van der Waals surface area contributed by atoms with E-state index in [1.165, 1.54) is 0 Å². The van der Waals surface area contributed by atoms with Crippen molar-refractivity contribution in [3.63, 3.8) is 0 Å². The van der Waals surface area contributed by atoms with Crippen LogP contribution in [-0.4, -0.2) is 24.1 Å². The van der Waals surface area contributed by atoms with E-state index in [1.807, 2.05) is 60.7 Å².